The standard InChI is InChI=1S/C9H3NO2/c10-4-7-1-8(5-11)3-9(2-7)6-12/h1-3H. The van der Waals surface area contributed by atoms with Crippen molar-refractivity contribution in [2.24, 2.45) is 0 Å². The zero-order valence-electron chi connectivity index (χ0n) is 6.00. The van der Waals surface area contributed by atoms with E-state index in [4.69, 9.17) is 5.26 Å². The van der Waals surface area contributed by atoms with Gasteiger partial charge < -0.3 is 0 Å². The van der Waals surface area contributed by atoms with E-state index in [1.165, 1.54) is 18.2 Å². The van der Waals surface area contributed by atoms with E-state index >= 15 is 0 Å². The first-order chi connectivity index (χ1) is 5.80. The molecule has 0 aromatic heterocycles. The number of hydrogen-bond donors (Lipinski definition) is 0. The van der Waals surface area contributed by atoms with Gasteiger partial charge in [-0.15, -0.1) is 0 Å². The topological polar surface area (TPSA) is 57.9 Å². The van der Waals surface area contributed by atoms with Crippen LogP contribution >= 0.6 is 0 Å². The van der Waals surface area contributed by atoms with Crippen LogP contribution in [0.5, 0.6) is 0 Å². The second-order valence-electron chi connectivity index (χ2n) is 2.11. The number of hydrogen-bond acceptors (Lipinski definition) is 3. The zero-order chi connectivity index (χ0) is 8.97. The van der Waals surface area contributed by atoms with Crippen LogP contribution in [0, 0.1) is 11.3 Å². The van der Waals surface area contributed by atoms with Crippen molar-refractivity contribution in [2.75, 3.05) is 0 Å². The molecule has 0 bridgehead atoms. The van der Waals surface area contributed by atoms with Gasteiger partial charge >= 0.3 is 0 Å². The lowest BCUT2D eigenvalue weighted by atomic mass is 10.1. The second-order valence-corrected chi connectivity index (χ2v) is 2.11. The highest BCUT2D eigenvalue weighted by atomic mass is 16.1. The molecule has 1 rings (SSSR count). The Kier molecular flexibility index (Phi) is 2.34. The second kappa shape index (κ2) is 3.44. The Labute approximate surface area is 69.2 Å². The summed E-state index contributed by atoms with van der Waals surface area (Å²) in [6.45, 7) is 0. The third kappa shape index (κ3) is 1.55. The molecule has 3 nitrogen and oxygen atoms in total. The first-order valence-electron chi connectivity index (χ1n) is 3.11. The van der Waals surface area contributed by atoms with Gasteiger partial charge in [-0.3, -0.25) is 9.59 Å². The highest BCUT2D eigenvalue weighted by molar-refractivity contribution is 5.83. The Balaban J connectivity index is 3.30. The van der Waals surface area contributed by atoms with Crippen LogP contribution < -0.4 is 0 Å². The molecular weight excluding hydrogens is 154 g/mol. The van der Waals surface area contributed by atoms with Gasteiger partial charge in [-0.2, -0.15) is 5.26 Å². The predicted octanol–water partition coefficient (Wildman–Crippen LogP) is 0.474. The van der Waals surface area contributed by atoms with Crippen molar-refractivity contribution in [2.45, 2.75) is 0 Å². The van der Waals surface area contributed by atoms with Crippen molar-refractivity contribution >= 4 is 12.6 Å². The molecule has 12 heavy (non-hydrogen) atoms. The Morgan fingerprint density at radius 1 is 0.917 bits per heavy atom. The van der Waals surface area contributed by atoms with Gasteiger partial charge in [0.1, 0.15) is 0 Å². The lowest BCUT2D eigenvalue weighted by Crippen LogP contribution is -1.88. The van der Waals surface area contributed by atoms with Crippen LogP contribution in [0.3, 0.4) is 0 Å². The molecule has 0 atom stereocenters. The van der Waals surface area contributed by atoms with Crippen molar-refractivity contribution in [3.8, 4) is 6.07 Å². The quantitative estimate of drug-likeness (QED) is 0.627. The number of nitriles is 1. The van der Waals surface area contributed by atoms with Gasteiger partial charge in [-0.25, -0.2) is 0 Å². The van der Waals surface area contributed by atoms with Gasteiger partial charge in [0.2, 0.25) is 12.6 Å². The van der Waals surface area contributed by atoms with E-state index in [2.05, 4.69) is 0 Å². The molecule has 0 aliphatic carbocycles. The lowest BCUT2D eigenvalue weighted by molar-refractivity contribution is 0.562. The minimum atomic E-state index is 0.187. The molecule has 3 heteroatoms. The van der Waals surface area contributed by atoms with Crippen molar-refractivity contribution in [3.05, 3.63) is 34.9 Å². The molecule has 0 spiro atoms. The molecule has 0 aliphatic heterocycles. The van der Waals surface area contributed by atoms with Crippen LogP contribution in [0.4, 0.5) is 0 Å². The fourth-order valence-electron chi connectivity index (χ4n) is 0.810. The summed E-state index contributed by atoms with van der Waals surface area (Å²) in [6.07, 6.45) is 3.19. The maximum Gasteiger partial charge on any atom is 0.233 e. The van der Waals surface area contributed by atoms with Gasteiger partial charge in [-0.1, -0.05) is 0 Å². The van der Waals surface area contributed by atoms with Gasteiger partial charge in [0.05, 0.1) is 11.6 Å². The molecule has 56 valence electrons. The number of benzene rings is 1. The summed E-state index contributed by atoms with van der Waals surface area (Å²) < 4.78 is 0. The summed E-state index contributed by atoms with van der Waals surface area (Å²) in [5.74, 6) is 0. The molecule has 0 unspecified atom stereocenters. The van der Waals surface area contributed by atoms with E-state index in [-0.39, 0.29) is 16.7 Å². The minimum absolute atomic E-state index is 0.187. The Morgan fingerprint density at radius 3 is 1.67 bits per heavy atom. The van der Waals surface area contributed by atoms with Crippen LogP contribution in [-0.2, 0) is 9.59 Å². The SMILES string of the molecule is N#Cc1cc([C]=O)cc([C]=O)c1. The van der Waals surface area contributed by atoms with Crippen molar-refractivity contribution in [1.82, 2.24) is 0 Å². The summed E-state index contributed by atoms with van der Waals surface area (Å²) in [7, 11) is 0. The first-order valence-corrected chi connectivity index (χ1v) is 3.11. The molecule has 0 heterocycles. The van der Waals surface area contributed by atoms with E-state index in [9.17, 15) is 9.59 Å². The third-order valence-electron chi connectivity index (χ3n) is 1.30. The maximum absolute atomic E-state index is 10.2. The average Bonchev–Trinajstić information content (AvgIpc) is 2.16. The number of rotatable bonds is 2. The van der Waals surface area contributed by atoms with E-state index in [0.29, 0.717) is 0 Å². The fourth-order valence-corrected chi connectivity index (χ4v) is 0.810. The summed E-state index contributed by atoms with van der Waals surface area (Å²) in [6, 6.07) is 5.85. The number of carbonyl (C=O) groups excluding carboxylic acids is 2. The van der Waals surface area contributed by atoms with E-state index < -0.39 is 0 Å². The fraction of sp³-hybridized carbons (Fsp3) is 0. The van der Waals surface area contributed by atoms with Crippen LogP contribution in [-0.4, -0.2) is 12.6 Å². The van der Waals surface area contributed by atoms with Gasteiger partial charge in [0.15, 0.2) is 0 Å². The van der Waals surface area contributed by atoms with Crippen LogP contribution in [0.15, 0.2) is 18.2 Å². The Bertz CT molecular complexity index is 337. The molecule has 2 radical (unpaired) electrons. The Hall–Kier alpha value is -1.95. The highest BCUT2D eigenvalue weighted by Gasteiger charge is 1.99. The lowest BCUT2D eigenvalue weighted by Gasteiger charge is -1.92. The summed E-state index contributed by atoms with van der Waals surface area (Å²) in [4.78, 5) is 20.4. The monoisotopic (exact) mass is 157 g/mol. The average molecular weight is 157 g/mol. The predicted molar refractivity (Wildman–Crippen MR) is 40.7 cm³/mol. The van der Waals surface area contributed by atoms with Crippen LogP contribution in [0.25, 0.3) is 0 Å². The molecule has 1 aromatic rings. The van der Waals surface area contributed by atoms with Gasteiger partial charge in [0.25, 0.3) is 0 Å². The summed E-state index contributed by atoms with van der Waals surface area (Å²) in [5, 5.41) is 8.47. The molecule has 0 N–H and O–H groups in total. The zero-order valence-corrected chi connectivity index (χ0v) is 6.00. The van der Waals surface area contributed by atoms with E-state index in [0.717, 1.165) is 0 Å². The normalized spacial score (nSPS) is 8.58. The largest absolute Gasteiger partial charge is 0.285 e. The highest BCUT2D eigenvalue weighted by Crippen LogP contribution is 2.05. The molecule has 0 aliphatic rings. The van der Waals surface area contributed by atoms with Gasteiger partial charge in [-0.05, 0) is 18.2 Å². The molecular formula is C9H3NO2. The van der Waals surface area contributed by atoms with Crippen molar-refractivity contribution in [1.29, 1.82) is 5.26 Å². The summed E-state index contributed by atoms with van der Waals surface area (Å²) in [5.41, 5.74) is 0.633. The third-order valence-corrected chi connectivity index (χ3v) is 1.30. The van der Waals surface area contributed by atoms with Crippen LogP contribution in [0.1, 0.15) is 16.7 Å². The van der Waals surface area contributed by atoms with Crippen molar-refractivity contribution < 1.29 is 9.59 Å². The van der Waals surface area contributed by atoms with Crippen LogP contribution in [0.2, 0.25) is 0 Å². The summed E-state index contributed by atoms with van der Waals surface area (Å²) >= 11 is 0. The van der Waals surface area contributed by atoms with E-state index in [1.54, 1.807) is 12.6 Å². The Morgan fingerprint density at radius 2 is 1.33 bits per heavy atom. The van der Waals surface area contributed by atoms with Gasteiger partial charge in [0, 0.05) is 11.1 Å². The molecule has 0 saturated heterocycles. The smallest absolute Gasteiger partial charge is 0.233 e. The van der Waals surface area contributed by atoms with E-state index in [1.807, 2.05) is 6.07 Å². The number of nitrogens with zero attached hydrogens (tertiary/aromatic N) is 1. The first kappa shape index (κ1) is 8.15. The molecule has 0 fully saturated rings. The molecule has 1 aromatic carbocycles. The maximum atomic E-state index is 10.2. The van der Waals surface area contributed by atoms with Crippen molar-refractivity contribution in [3.63, 3.8) is 0 Å². The molecule has 0 amide bonds. The molecule has 0 saturated carbocycles. The minimum Gasteiger partial charge on any atom is -0.285 e.